The minimum atomic E-state index is -2.08. The Morgan fingerprint density at radius 1 is 0.978 bits per heavy atom. The molecule has 3 aromatic rings. The minimum Gasteiger partial charge on any atom is -0.392 e. The first-order valence-electron chi connectivity index (χ1n) is 15.4. The van der Waals surface area contributed by atoms with Crippen LogP contribution in [-0.4, -0.2) is 63.6 Å². The summed E-state index contributed by atoms with van der Waals surface area (Å²) in [6.07, 6.45) is 0.295. The molecule has 3 aliphatic rings. The Hall–Kier alpha value is -2.89. The van der Waals surface area contributed by atoms with E-state index in [1.54, 1.807) is 12.1 Å². The van der Waals surface area contributed by atoms with Crippen molar-refractivity contribution in [2.75, 3.05) is 36.5 Å². The molecule has 3 N–H and O–H groups in total. The van der Waals surface area contributed by atoms with E-state index in [4.69, 9.17) is 44.3 Å². The number of nitrogens with one attached hydrogen (secondary N) is 2. The third kappa shape index (κ3) is 6.87. The molecule has 3 aromatic carbocycles. The Kier molecular flexibility index (Phi) is 9.83. The number of para-hydroxylation sites is 1. The molecule has 244 valence electrons. The Morgan fingerprint density at radius 3 is 2.26 bits per heavy atom. The molecule has 2 amide bonds. The molecule has 3 saturated heterocycles. The maximum atomic E-state index is 13.2. The molecule has 1 spiro atoms. The number of halogens is 3. The number of likely N-dealkylation sites (tertiary alicyclic amines) is 1. The molecule has 0 bridgehead atoms. The maximum Gasteiger partial charge on any atom is 0.276 e. The van der Waals surface area contributed by atoms with Crippen molar-refractivity contribution >= 4 is 58.0 Å². The monoisotopic (exact) mass is 686 g/mol. The van der Waals surface area contributed by atoms with Crippen LogP contribution < -0.4 is 15.5 Å². The van der Waals surface area contributed by atoms with Crippen molar-refractivity contribution in [3.05, 3.63) is 95.6 Å². The molecule has 3 fully saturated rings. The lowest BCUT2D eigenvalue weighted by Crippen LogP contribution is -2.57. The van der Waals surface area contributed by atoms with Gasteiger partial charge in [-0.05, 0) is 48.2 Å². The molecular weight excluding hydrogens is 651 g/mol. The normalized spacial score (nSPS) is 25.0. The highest BCUT2D eigenvalue weighted by atomic mass is 35.6. The molecule has 0 aromatic heterocycles. The summed E-state index contributed by atoms with van der Waals surface area (Å²) in [5.41, 5.74) is 3.55. The van der Waals surface area contributed by atoms with E-state index in [0.29, 0.717) is 31.7 Å². The first-order chi connectivity index (χ1) is 22.1. The number of carbonyl (C=O) groups excluding carboxylic acids is 2. The quantitative estimate of drug-likeness (QED) is 0.274. The summed E-state index contributed by atoms with van der Waals surface area (Å²) in [6, 6.07) is 25.0. The van der Waals surface area contributed by atoms with Crippen molar-refractivity contribution < 1.29 is 24.2 Å². The second-order valence-corrected chi connectivity index (χ2v) is 14.4. The number of piperidine rings is 1. The number of aliphatic hydroxyl groups excluding tert-OH is 1. The van der Waals surface area contributed by atoms with Gasteiger partial charge in [-0.3, -0.25) is 9.59 Å². The highest BCUT2D eigenvalue weighted by molar-refractivity contribution is 6.76. The van der Waals surface area contributed by atoms with Crippen LogP contribution in [-0.2, 0) is 25.7 Å². The predicted molar refractivity (Wildman–Crippen MR) is 179 cm³/mol. The van der Waals surface area contributed by atoms with Gasteiger partial charge in [0.25, 0.3) is 9.70 Å². The number of aliphatic hydroxyl groups is 1. The van der Waals surface area contributed by atoms with Crippen molar-refractivity contribution in [1.29, 1.82) is 0 Å². The van der Waals surface area contributed by atoms with Gasteiger partial charge in [-0.2, -0.15) is 0 Å². The lowest BCUT2D eigenvalue weighted by atomic mass is 9.84. The van der Waals surface area contributed by atoms with E-state index in [0.717, 1.165) is 35.5 Å². The van der Waals surface area contributed by atoms with Crippen LogP contribution >= 0.6 is 34.8 Å². The van der Waals surface area contributed by atoms with Gasteiger partial charge in [-0.1, -0.05) is 96.3 Å². The molecule has 0 radical (unpaired) electrons. The number of hydrogen-bond acceptors (Lipinski definition) is 7. The first-order valence-corrected chi connectivity index (χ1v) is 16.5. The molecule has 9 nitrogen and oxygen atoms in total. The van der Waals surface area contributed by atoms with Gasteiger partial charge in [0, 0.05) is 42.5 Å². The van der Waals surface area contributed by atoms with Crippen LogP contribution in [0.2, 0.25) is 0 Å². The van der Waals surface area contributed by atoms with Gasteiger partial charge in [0.2, 0.25) is 5.91 Å². The van der Waals surface area contributed by atoms with Crippen molar-refractivity contribution in [1.82, 2.24) is 10.2 Å². The summed E-state index contributed by atoms with van der Waals surface area (Å²) in [6.45, 7) is 4.78. The average Bonchev–Trinajstić information content (AvgIpc) is 3.38. The van der Waals surface area contributed by atoms with Gasteiger partial charge in [0.05, 0.1) is 25.5 Å². The van der Waals surface area contributed by atoms with Crippen molar-refractivity contribution in [3.8, 4) is 0 Å². The molecule has 4 atom stereocenters. The molecule has 12 heteroatoms. The molecule has 6 rings (SSSR count). The number of carbonyl (C=O) groups is 2. The van der Waals surface area contributed by atoms with Gasteiger partial charge in [-0.25, -0.2) is 0 Å². The Morgan fingerprint density at radius 2 is 1.63 bits per heavy atom. The number of benzene rings is 3. The average molecular weight is 688 g/mol. The number of hydrogen-bond donors (Lipinski definition) is 3. The highest BCUT2D eigenvalue weighted by Crippen LogP contribution is 2.43. The Bertz CT molecular complexity index is 1510. The maximum absolute atomic E-state index is 13.2. The van der Waals surface area contributed by atoms with Crippen LogP contribution in [0.15, 0.2) is 78.9 Å². The fourth-order valence-corrected chi connectivity index (χ4v) is 6.79. The number of anilines is 2. The smallest absolute Gasteiger partial charge is 0.276 e. The van der Waals surface area contributed by atoms with Gasteiger partial charge in [-0.15, -0.1) is 0 Å². The molecule has 0 saturated carbocycles. The summed E-state index contributed by atoms with van der Waals surface area (Å²) in [4.78, 5) is 29.9. The standard InChI is InChI=1S/C34H37Cl3N4O5/c1-22-28(19-40-17-15-33(16-18-40)31(43)38-21-41(33)27-5-3-2-4-6-27)45-30(46-29(22)24-9-7-23(20-42)8-10-24)25-11-13-26(14-12-25)39-32(44)34(35,36)37/h2-14,22,28-30,42H,15-21H2,1H3,(H,38,43)(H,39,44)/t22-,28+,29+,30+/m0/s1. The summed E-state index contributed by atoms with van der Waals surface area (Å²) < 4.78 is 11.1. The Balaban J connectivity index is 1.19. The highest BCUT2D eigenvalue weighted by Gasteiger charge is 2.51. The Labute approximate surface area is 283 Å². The second kappa shape index (κ2) is 13.7. The van der Waals surface area contributed by atoms with Gasteiger partial charge in [0.1, 0.15) is 5.54 Å². The van der Waals surface area contributed by atoms with Gasteiger partial charge in [0.15, 0.2) is 6.29 Å². The number of nitrogens with zero attached hydrogens (tertiary/aromatic N) is 2. The first kappa shape index (κ1) is 33.0. The predicted octanol–water partition coefficient (Wildman–Crippen LogP) is 5.71. The zero-order valence-electron chi connectivity index (χ0n) is 25.4. The van der Waals surface area contributed by atoms with Crippen LogP contribution in [0, 0.1) is 5.92 Å². The molecular formula is C34H37Cl3N4O5. The van der Waals surface area contributed by atoms with Crippen LogP contribution in [0.25, 0.3) is 0 Å². The SMILES string of the molecule is C[C@H]1[C@@H](CN2CCC3(CC2)C(=O)NCN3c2ccccc2)O[C@@H](c2ccc(NC(=O)C(Cl)(Cl)Cl)cc2)O[C@H]1c1ccc(CO)cc1. The lowest BCUT2D eigenvalue weighted by molar-refractivity contribution is -0.276. The summed E-state index contributed by atoms with van der Waals surface area (Å²) in [7, 11) is 0. The van der Waals surface area contributed by atoms with E-state index < -0.39 is 21.5 Å². The summed E-state index contributed by atoms with van der Waals surface area (Å²) in [5, 5.41) is 15.2. The van der Waals surface area contributed by atoms with Crippen molar-refractivity contribution in [3.63, 3.8) is 0 Å². The van der Waals surface area contributed by atoms with Gasteiger partial charge >= 0.3 is 0 Å². The number of ether oxygens (including phenoxy) is 2. The van der Waals surface area contributed by atoms with Crippen molar-refractivity contribution in [2.24, 2.45) is 5.92 Å². The van der Waals surface area contributed by atoms with Crippen LogP contribution in [0.4, 0.5) is 11.4 Å². The summed E-state index contributed by atoms with van der Waals surface area (Å²) >= 11 is 17.1. The van der Waals surface area contributed by atoms with E-state index >= 15 is 0 Å². The zero-order chi connectivity index (χ0) is 32.5. The van der Waals surface area contributed by atoms with Crippen LogP contribution in [0.3, 0.4) is 0 Å². The third-order valence-corrected chi connectivity index (χ3v) is 9.86. The fraction of sp³-hybridized carbons (Fsp3) is 0.412. The van der Waals surface area contributed by atoms with Gasteiger partial charge < -0.3 is 35.0 Å². The zero-order valence-corrected chi connectivity index (χ0v) is 27.6. The number of rotatable bonds is 7. The molecule has 3 aliphatic heterocycles. The van der Waals surface area contributed by atoms with Crippen LogP contribution in [0.5, 0.6) is 0 Å². The molecule has 0 unspecified atom stereocenters. The molecule has 46 heavy (non-hydrogen) atoms. The molecule has 3 heterocycles. The molecule has 0 aliphatic carbocycles. The van der Waals surface area contributed by atoms with Crippen molar-refractivity contribution in [2.45, 2.75) is 54.2 Å². The topological polar surface area (TPSA) is 103 Å². The minimum absolute atomic E-state index is 0.00515. The van der Waals surface area contributed by atoms with E-state index in [1.807, 2.05) is 54.6 Å². The van der Waals surface area contributed by atoms with Crippen LogP contribution in [0.1, 0.15) is 48.8 Å². The van der Waals surface area contributed by atoms with E-state index in [1.165, 1.54) is 0 Å². The summed E-state index contributed by atoms with van der Waals surface area (Å²) in [5.74, 6) is -0.654. The largest absolute Gasteiger partial charge is 0.392 e. The lowest BCUT2D eigenvalue weighted by Gasteiger charge is -2.46. The fourth-order valence-electron chi connectivity index (χ4n) is 6.65. The number of alkyl halides is 3. The van der Waals surface area contributed by atoms with E-state index in [9.17, 15) is 14.7 Å². The van der Waals surface area contributed by atoms with E-state index in [-0.39, 0.29) is 30.6 Å². The van der Waals surface area contributed by atoms with E-state index in [2.05, 4.69) is 39.5 Å². The third-order valence-electron chi connectivity index (χ3n) is 9.35. The second-order valence-electron chi connectivity index (χ2n) is 12.2. The number of amides is 2.